The highest BCUT2D eigenvalue weighted by atomic mass is 16.5. The van der Waals surface area contributed by atoms with Crippen LogP contribution in [0.5, 0.6) is 0 Å². The molecule has 0 aromatic carbocycles. The second-order valence-electron chi connectivity index (χ2n) is 17.5. The zero-order valence-electron chi connectivity index (χ0n) is 39.2. The van der Waals surface area contributed by atoms with E-state index < -0.39 is 12.1 Å². The summed E-state index contributed by atoms with van der Waals surface area (Å²) in [5.74, 6) is -0.0932. The van der Waals surface area contributed by atoms with Crippen molar-refractivity contribution in [2.24, 2.45) is 0 Å². The Morgan fingerprint density at radius 3 is 1.31 bits per heavy atom. The number of carbonyl (C=O) groups is 2. The van der Waals surface area contributed by atoms with Gasteiger partial charge in [-0.05, 0) is 64.2 Å². The maximum Gasteiger partial charge on any atom is 0.305 e. The summed E-state index contributed by atoms with van der Waals surface area (Å²) in [6.07, 6.45) is 58.6. The third-order valence-electron chi connectivity index (χ3n) is 11.7. The van der Waals surface area contributed by atoms with Crippen LogP contribution in [0.2, 0.25) is 0 Å². The van der Waals surface area contributed by atoms with E-state index in [2.05, 4.69) is 43.5 Å². The largest absolute Gasteiger partial charge is 0.466 e. The number of ether oxygens (including phenoxy) is 1. The highest BCUT2D eigenvalue weighted by Gasteiger charge is 2.18. The molecule has 0 radical (unpaired) electrons. The van der Waals surface area contributed by atoms with E-state index in [-0.39, 0.29) is 18.5 Å². The monoisotopic (exact) mass is 830 g/mol. The Morgan fingerprint density at radius 2 is 0.847 bits per heavy atom. The average molecular weight is 830 g/mol. The lowest BCUT2D eigenvalue weighted by Crippen LogP contribution is -2.45. The standard InChI is InChI=1S/C53H99NO5/c1-3-5-7-9-11-13-15-16-17-18-19-20-24-27-31-35-39-43-47-53(58)59-48-44-40-36-32-28-25-22-21-23-26-30-34-38-42-46-52(57)54-50(49-55)51(56)45-41-37-33-29-14-12-10-8-6-4-2/h13,15,17-18,41,45,50-51,55-56H,3-12,14,16,19-40,42-44,46-49H2,1-2H3,(H,54,57)/b15-13-,18-17-,45-41+. The van der Waals surface area contributed by atoms with Crippen molar-refractivity contribution >= 4 is 11.9 Å². The molecule has 0 aromatic heterocycles. The number of esters is 1. The molecule has 0 aliphatic rings. The Kier molecular flexibility index (Phi) is 47.2. The van der Waals surface area contributed by atoms with Gasteiger partial charge < -0.3 is 20.3 Å². The van der Waals surface area contributed by atoms with Gasteiger partial charge in [0.15, 0.2) is 0 Å². The molecule has 0 saturated heterocycles. The van der Waals surface area contributed by atoms with Crippen LogP contribution in [0, 0.1) is 0 Å². The van der Waals surface area contributed by atoms with Crippen molar-refractivity contribution in [3.63, 3.8) is 0 Å². The van der Waals surface area contributed by atoms with E-state index in [9.17, 15) is 19.8 Å². The van der Waals surface area contributed by atoms with Gasteiger partial charge in [0.05, 0.1) is 25.4 Å². The van der Waals surface area contributed by atoms with Crippen LogP contribution in [0.4, 0.5) is 0 Å². The molecule has 1 amide bonds. The van der Waals surface area contributed by atoms with Crippen LogP contribution in [0.3, 0.4) is 0 Å². The molecule has 0 saturated carbocycles. The van der Waals surface area contributed by atoms with Gasteiger partial charge in [-0.15, -0.1) is 0 Å². The van der Waals surface area contributed by atoms with Crippen molar-refractivity contribution in [1.29, 1.82) is 0 Å². The first-order valence-corrected chi connectivity index (χ1v) is 25.8. The van der Waals surface area contributed by atoms with Crippen molar-refractivity contribution in [2.75, 3.05) is 13.2 Å². The van der Waals surface area contributed by atoms with E-state index in [0.29, 0.717) is 19.4 Å². The summed E-state index contributed by atoms with van der Waals surface area (Å²) in [6, 6.07) is -0.634. The number of amides is 1. The highest BCUT2D eigenvalue weighted by molar-refractivity contribution is 5.76. The molecule has 59 heavy (non-hydrogen) atoms. The van der Waals surface area contributed by atoms with Gasteiger partial charge in [0.25, 0.3) is 0 Å². The Balaban J connectivity index is 3.44. The minimum Gasteiger partial charge on any atom is -0.466 e. The van der Waals surface area contributed by atoms with Crippen molar-refractivity contribution in [3.05, 3.63) is 36.5 Å². The Bertz CT molecular complexity index is 962. The smallest absolute Gasteiger partial charge is 0.305 e. The summed E-state index contributed by atoms with van der Waals surface area (Å²) < 4.78 is 5.47. The topological polar surface area (TPSA) is 95.9 Å². The molecule has 0 aliphatic carbocycles. The Labute approximate surface area is 366 Å². The molecule has 0 fully saturated rings. The fourth-order valence-corrected chi connectivity index (χ4v) is 7.66. The third-order valence-corrected chi connectivity index (χ3v) is 11.7. The van der Waals surface area contributed by atoms with Crippen LogP contribution in [0.15, 0.2) is 36.5 Å². The predicted octanol–water partition coefficient (Wildman–Crippen LogP) is 15.3. The van der Waals surface area contributed by atoms with Crippen LogP contribution in [0.25, 0.3) is 0 Å². The van der Waals surface area contributed by atoms with Gasteiger partial charge in [-0.2, -0.15) is 0 Å². The second-order valence-corrected chi connectivity index (χ2v) is 17.5. The summed E-state index contributed by atoms with van der Waals surface area (Å²) in [5.41, 5.74) is 0. The van der Waals surface area contributed by atoms with Gasteiger partial charge in [-0.1, -0.05) is 224 Å². The Hall–Kier alpha value is -1.92. The predicted molar refractivity (Wildman–Crippen MR) is 255 cm³/mol. The first-order chi connectivity index (χ1) is 29.0. The lowest BCUT2D eigenvalue weighted by molar-refractivity contribution is -0.143. The molecule has 0 bridgehead atoms. The number of rotatable bonds is 47. The molecule has 2 unspecified atom stereocenters. The van der Waals surface area contributed by atoms with Crippen LogP contribution >= 0.6 is 0 Å². The summed E-state index contributed by atoms with van der Waals surface area (Å²) >= 11 is 0. The van der Waals surface area contributed by atoms with Crippen molar-refractivity contribution in [2.45, 2.75) is 276 Å². The molecule has 346 valence electrons. The van der Waals surface area contributed by atoms with Gasteiger partial charge in [0.2, 0.25) is 5.91 Å². The number of nitrogens with one attached hydrogen (secondary N) is 1. The SMILES string of the molecule is CCCCCC/C=C\C/C=C\CCCCCCCCCC(=O)OCCCCCCCCCCCCCCCCC(=O)NC(CO)C(O)/C=C/CCCCCCCCCC. The number of allylic oxidation sites excluding steroid dienone is 5. The van der Waals surface area contributed by atoms with Crippen molar-refractivity contribution < 1.29 is 24.5 Å². The number of hydrogen-bond donors (Lipinski definition) is 3. The number of carbonyl (C=O) groups excluding carboxylic acids is 2. The molecule has 0 aromatic rings. The summed E-state index contributed by atoms with van der Waals surface area (Å²) in [6.45, 7) is 4.83. The van der Waals surface area contributed by atoms with Crippen molar-refractivity contribution in [3.8, 4) is 0 Å². The first kappa shape index (κ1) is 57.1. The van der Waals surface area contributed by atoms with Crippen LogP contribution < -0.4 is 5.32 Å². The number of hydrogen-bond acceptors (Lipinski definition) is 5. The zero-order chi connectivity index (χ0) is 43.0. The average Bonchev–Trinajstić information content (AvgIpc) is 3.24. The number of aliphatic hydroxyl groups excluding tert-OH is 2. The van der Waals surface area contributed by atoms with E-state index in [4.69, 9.17) is 4.74 Å². The summed E-state index contributed by atoms with van der Waals surface area (Å²) in [4.78, 5) is 24.4. The molecule has 6 heteroatoms. The minimum atomic E-state index is -0.850. The van der Waals surface area contributed by atoms with E-state index in [1.165, 1.54) is 173 Å². The van der Waals surface area contributed by atoms with Gasteiger partial charge >= 0.3 is 5.97 Å². The lowest BCUT2D eigenvalue weighted by Gasteiger charge is -2.20. The van der Waals surface area contributed by atoms with Gasteiger partial charge in [-0.3, -0.25) is 9.59 Å². The van der Waals surface area contributed by atoms with Crippen LogP contribution in [0.1, 0.15) is 264 Å². The maximum absolute atomic E-state index is 12.4. The number of unbranched alkanes of at least 4 members (excludes halogenated alkanes) is 32. The second kappa shape index (κ2) is 48.7. The molecule has 3 N–H and O–H groups in total. The van der Waals surface area contributed by atoms with E-state index in [1.54, 1.807) is 6.08 Å². The van der Waals surface area contributed by atoms with E-state index in [1.807, 2.05) is 6.08 Å². The maximum atomic E-state index is 12.4. The molecule has 6 nitrogen and oxygen atoms in total. The molecular weight excluding hydrogens is 731 g/mol. The zero-order valence-corrected chi connectivity index (χ0v) is 39.2. The van der Waals surface area contributed by atoms with Gasteiger partial charge in [-0.25, -0.2) is 0 Å². The fourth-order valence-electron chi connectivity index (χ4n) is 7.66. The molecule has 0 aliphatic heterocycles. The first-order valence-electron chi connectivity index (χ1n) is 25.8. The summed E-state index contributed by atoms with van der Waals surface area (Å²) in [5, 5.41) is 22.9. The molecular formula is C53H99NO5. The van der Waals surface area contributed by atoms with Gasteiger partial charge in [0.1, 0.15) is 0 Å². The molecule has 0 rings (SSSR count). The van der Waals surface area contributed by atoms with Crippen LogP contribution in [-0.4, -0.2) is 47.4 Å². The lowest BCUT2D eigenvalue weighted by atomic mass is 10.0. The highest BCUT2D eigenvalue weighted by Crippen LogP contribution is 2.15. The fraction of sp³-hybridized carbons (Fsp3) is 0.849. The molecule has 2 atom stereocenters. The normalized spacial score (nSPS) is 12.9. The minimum absolute atomic E-state index is 0.0116. The third kappa shape index (κ3) is 45.4. The quantitative estimate of drug-likeness (QED) is 0.0323. The molecule has 0 spiro atoms. The van der Waals surface area contributed by atoms with E-state index >= 15 is 0 Å². The van der Waals surface area contributed by atoms with Crippen LogP contribution in [-0.2, 0) is 14.3 Å². The summed E-state index contributed by atoms with van der Waals surface area (Å²) in [7, 11) is 0. The number of aliphatic hydroxyl groups is 2. The van der Waals surface area contributed by atoms with E-state index in [0.717, 1.165) is 64.2 Å². The Morgan fingerprint density at radius 1 is 0.475 bits per heavy atom. The molecule has 0 heterocycles. The van der Waals surface area contributed by atoms with Crippen molar-refractivity contribution in [1.82, 2.24) is 5.32 Å². The van der Waals surface area contributed by atoms with Gasteiger partial charge in [0, 0.05) is 12.8 Å².